The number of nitrogens with one attached hydrogen (secondary N) is 1. The van der Waals surface area contributed by atoms with Crippen molar-refractivity contribution in [1.82, 2.24) is 15.1 Å². The van der Waals surface area contributed by atoms with Crippen LogP contribution in [0.1, 0.15) is 23.2 Å². The van der Waals surface area contributed by atoms with E-state index in [1.807, 2.05) is 17.5 Å². The van der Waals surface area contributed by atoms with E-state index in [1.165, 1.54) is 11.3 Å². The summed E-state index contributed by atoms with van der Waals surface area (Å²) in [5.74, 6) is -1.12. The third-order valence-corrected chi connectivity index (χ3v) is 4.60. The molecule has 7 heteroatoms. The van der Waals surface area contributed by atoms with Crippen LogP contribution in [0.4, 0.5) is 0 Å². The molecule has 2 aromatic heterocycles. The van der Waals surface area contributed by atoms with Crippen molar-refractivity contribution >= 4 is 23.2 Å². The van der Waals surface area contributed by atoms with Crippen molar-refractivity contribution in [2.45, 2.75) is 12.8 Å². The maximum atomic E-state index is 12.3. The summed E-state index contributed by atoms with van der Waals surface area (Å²) in [4.78, 5) is 24.4. The lowest BCUT2D eigenvalue weighted by Gasteiger charge is -2.10. The number of hydrogen-bond acceptors (Lipinski definition) is 4. The van der Waals surface area contributed by atoms with E-state index in [0.717, 1.165) is 4.88 Å². The summed E-state index contributed by atoms with van der Waals surface area (Å²) in [5, 5.41) is 18.1. The number of hydrogen-bond donors (Lipinski definition) is 2. The minimum atomic E-state index is -0.840. The van der Waals surface area contributed by atoms with E-state index in [0.29, 0.717) is 24.1 Å². The van der Waals surface area contributed by atoms with Crippen LogP contribution in [0.3, 0.4) is 0 Å². The number of carboxylic acids is 1. The molecule has 1 aliphatic carbocycles. The van der Waals surface area contributed by atoms with Crippen LogP contribution in [0.25, 0.3) is 10.6 Å². The van der Waals surface area contributed by atoms with Gasteiger partial charge in [-0.1, -0.05) is 6.07 Å². The normalized spacial score (nSPS) is 15.7. The molecule has 6 nitrogen and oxygen atoms in total. The molecule has 0 saturated heterocycles. The molecule has 0 bridgehead atoms. The second kappa shape index (κ2) is 5.00. The van der Waals surface area contributed by atoms with Gasteiger partial charge in [-0.3, -0.25) is 14.3 Å². The predicted octanol–water partition coefficient (Wildman–Crippen LogP) is 1.74. The summed E-state index contributed by atoms with van der Waals surface area (Å²) < 4.78 is 1.59. The first-order valence-corrected chi connectivity index (χ1v) is 7.49. The highest BCUT2D eigenvalue weighted by Crippen LogP contribution is 2.45. The number of aliphatic carboxylic acids is 1. The van der Waals surface area contributed by atoms with E-state index in [-0.39, 0.29) is 12.5 Å². The summed E-state index contributed by atoms with van der Waals surface area (Å²) in [7, 11) is 1.76. The molecule has 0 unspecified atom stereocenters. The van der Waals surface area contributed by atoms with Gasteiger partial charge in [-0.2, -0.15) is 5.10 Å². The molecule has 0 aliphatic heterocycles. The van der Waals surface area contributed by atoms with Gasteiger partial charge in [0.15, 0.2) is 0 Å². The van der Waals surface area contributed by atoms with Gasteiger partial charge in [0.2, 0.25) is 0 Å². The van der Waals surface area contributed by atoms with Gasteiger partial charge in [-0.05, 0) is 24.3 Å². The summed E-state index contributed by atoms with van der Waals surface area (Å²) >= 11 is 1.51. The monoisotopic (exact) mass is 305 g/mol. The van der Waals surface area contributed by atoms with Crippen LogP contribution in [0.15, 0.2) is 23.7 Å². The van der Waals surface area contributed by atoms with Gasteiger partial charge >= 0.3 is 5.97 Å². The maximum Gasteiger partial charge on any atom is 0.311 e. The molecule has 110 valence electrons. The molecule has 1 amide bonds. The standard InChI is InChI=1S/C14H15N3O3S/c1-17-7-9(11(16-17)10-3-2-6-21-10)12(18)15-8-14(4-5-14)13(19)20/h2-3,6-7H,4-5,8H2,1H3,(H,15,18)(H,19,20). The lowest BCUT2D eigenvalue weighted by atomic mass is 10.1. The quantitative estimate of drug-likeness (QED) is 0.881. The Morgan fingerprint density at radius 1 is 1.52 bits per heavy atom. The van der Waals surface area contributed by atoms with E-state index < -0.39 is 11.4 Å². The van der Waals surface area contributed by atoms with Crippen molar-refractivity contribution in [2.75, 3.05) is 6.54 Å². The van der Waals surface area contributed by atoms with Crippen LogP contribution >= 0.6 is 11.3 Å². The molecule has 1 fully saturated rings. The Morgan fingerprint density at radius 3 is 2.86 bits per heavy atom. The second-order valence-electron chi connectivity index (χ2n) is 5.31. The second-order valence-corrected chi connectivity index (χ2v) is 6.26. The molecule has 2 heterocycles. The van der Waals surface area contributed by atoms with Gasteiger partial charge in [0.05, 0.1) is 15.9 Å². The van der Waals surface area contributed by atoms with Gasteiger partial charge in [-0.15, -0.1) is 11.3 Å². The van der Waals surface area contributed by atoms with Crippen LogP contribution in [0.5, 0.6) is 0 Å². The van der Waals surface area contributed by atoms with Crippen molar-refractivity contribution in [3.8, 4) is 10.6 Å². The van der Waals surface area contributed by atoms with E-state index in [9.17, 15) is 9.59 Å². The molecular weight excluding hydrogens is 290 g/mol. The van der Waals surface area contributed by atoms with Crippen molar-refractivity contribution in [3.63, 3.8) is 0 Å². The predicted molar refractivity (Wildman–Crippen MR) is 78.2 cm³/mol. The highest BCUT2D eigenvalue weighted by atomic mass is 32.1. The number of carbonyl (C=O) groups is 2. The largest absolute Gasteiger partial charge is 0.481 e. The van der Waals surface area contributed by atoms with Crippen LogP contribution in [-0.4, -0.2) is 33.3 Å². The van der Waals surface area contributed by atoms with Crippen LogP contribution in [0.2, 0.25) is 0 Å². The number of thiophene rings is 1. The third kappa shape index (κ3) is 2.56. The average Bonchev–Trinajstić information content (AvgIpc) is 2.87. The summed E-state index contributed by atoms with van der Waals surface area (Å²) in [6, 6.07) is 3.81. The lowest BCUT2D eigenvalue weighted by molar-refractivity contribution is -0.143. The van der Waals surface area contributed by atoms with Crippen molar-refractivity contribution in [2.24, 2.45) is 12.5 Å². The first-order valence-electron chi connectivity index (χ1n) is 6.61. The zero-order chi connectivity index (χ0) is 15.0. The Balaban J connectivity index is 1.78. The number of amides is 1. The molecule has 1 aliphatic rings. The molecule has 1 saturated carbocycles. The molecular formula is C14H15N3O3S. The average molecular weight is 305 g/mol. The number of aryl methyl sites for hydroxylation is 1. The van der Waals surface area contributed by atoms with Crippen molar-refractivity contribution in [1.29, 1.82) is 0 Å². The Labute approximate surface area is 125 Å². The number of carbonyl (C=O) groups excluding carboxylic acids is 1. The van der Waals surface area contributed by atoms with Gasteiger partial charge in [-0.25, -0.2) is 0 Å². The van der Waals surface area contributed by atoms with E-state index in [2.05, 4.69) is 10.4 Å². The maximum absolute atomic E-state index is 12.3. The molecule has 3 rings (SSSR count). The molecule has 0 radical (unpaired) electrons. The topological polar surface area (TPSA) is 84.2 Å². The Morgan fingerprint density at radius 2 is 2.29 bits per heavy atom. The minimum Gasteiger partial charge on any atom is -0.481 e. The van der Waals surface area contributed by atoms with Gasteiger partial charge < -0.3 is 10.4 Å². The Hall–Kier alpha value is -2.15. The van der Waals surface area contributed by atoms with Crippen molar-refractivity contribution < 1.29 is 14.7 Å². The minimum absolute atomic E-state index is 0.167. The Kier molecular flexibility index (Phi) is 3.29. The first-order chi connectivity index (χ1) is 10.0. The molecule has 0 spiro atoms. The first kappa shape index (κ1) is 13.8. The summed E-state index contributed by atoms with van der Waals surface area (Å²) in [5.41, 5.74) is 0.340. The summed E-state index contributed by atoms with van der Waals surface area (Å²) in [6.07, 6.45) is 2.89. The van der Waals surface area contributed by atoms with E-state index in [4.69, 9.17) is 5.11 Å². The SMILES string of the molecule is Cn1cc(C(=O)NCC2(C(=O)O)CC2)c(-c2cccs2)n1. The zero-order valence-electron chi connectivity index (χ0n) is 11.5. The fourth-order valence-electron chi connectivity index (χ4n) is 2.21. The van der Waals surface area contributed by atoms with Crippen LogP contribution in [0, 0.1) is 5.41 Å². The number of aromatic nitrogens is 2. The van der Waals surface area contributed by atoms with Crippen molar-refractivity contribution in [3.05, 3.63) is 29.3 Å². The molecule has 2 aromatic rings. The van der Waals surface area contributed by atoms with E-state index in [1.54, 1.807) is 17.9 Å². The fraction of sp³-hybridized carbons (Fsp3) is 0.357. The van der Waals surface area contributed by atoms with Crippen LogP contribution in [-0.2, 0) is 11.8 Å². The Bertz CT molecular complexity index is 686. The highest BCUT2D eigenvalue weighted by molar-refractivity contribution is 7.13. The lowest BCUT2D eigenvalue weighted by Crippen LogP contribution is -2.34. The molecule has 2 N–H and O–H groups in total. The summed E-state index contributed by atoms with van der Waals surface area (Å²) in [6.45, 7) is 0.167. The fourth-order valence-corrected chi connectivity index (χ4v) is 2.94. The van der Waals surface area contributed by atoms with Gasteiger partial charge in [0.1, 0.15) is 5.69 Å². The third-order valence-electron chi connectivity index (χ3n) is 3.72. The number of carboxylic acid groups (broad SMARTS) is 1. The molecule has 0 atom stereocenters. The van der Waals surface area contributed by atoms with E-state index >= 15 is 0 Å². The van der Waals surface area contributed by atoms with Crippen LogP contribution < -0.4 is 5.32 Å². The zero-order valence-corrected chi connectivity index (χ0v) is 12.3. The highest BCUT2D eigenvalue weighted by Gasteiger charge is 2.50. The van der Waals surface area contributed by atoms with Gasteiger partial charge in [0.25, 0.3) is 5.91 Å². The molecule has 21 heavy (non-hydrogen) atoms. The molecule has 0 aromatic carbocycles. The van der Waals surface area contributed by atoms with Gasteiger partial charge in [0, 0.05) is 19.8 Å². The number of rotatable bonds is 5. The number of nitrogens with zero attached hydrogens (tertiary/aromatic N) is 2. The smallest absolute Gasteiger partial charge is 0.311 e.